The molecule has 0 radical (unpaired) electrons. The van der Waals surface area contributed by atoms with Gasteiger partial charge < -0.3 is 0 Å². The van der Waals surface area contributed by atoms with Gasteiger partial charge in [0.15, 0.2) is 11.0 Å². The van der Waals surface area contributed by atoms with Crippen LogP contribution in [0, 0.1) is 5.82 Å². The van der Waals surface area contributed by atoms with Crippen molar-refractivity contribution in [3.63, 3.8) is 0 Å². The molecule has 0 amide bonds. The standard InChI is InChI=1S/C17H16FN3S2/c1-11(12-4-6-13(18)7-5-12)23-17-20-19-16(15-3-2-10-22-15)21(17)14-8-9-14/h2-7,10-11,14H,8-9H2,1H3/t11-/m0/s1. The fourth-order valence-electron chi connectivity index (χ4n) is 2.55. The minimum atomic E-state index is -0.202. The van der Waals surface area contributed by atoms with E-state index in [1.807, 2.05) is 18.2 Å². The highest BCUT2D eigenvalue weighted by Gasteiger charge is 2.31. The summed E-state index contributed by atoms with van der Waals surface area (Å²) in [6.45, 7) is 2.12. The highest BCUT2D eigenvalue weighted by Crippen LogP contribution is 2.44. The molecule has 2 heterocycles. The number of hydrogen-bond acceptors (Lipinski definition) is 4. The zero-order valence-electron chi connectivity index (χ0n) is 12.6. The summed E-state index contributed by atoms with van der Waals surface area (Å²) in [5, 5.41) is 12.1. The van der Waals surface area contributed by atoms with E-state index in [1.54, 1.807) is 23.1 Å². The summed E-state index contributed by atoms with van der Waals surface area (Å²) in [6.07, 6.45) is 2.38. The van der Waals surface area contributed by atoms with Crippen LogP contribution in [0.5, 0.6) is 0 Å². The average Bonchev–Trinajstić information content (AvgIpc) is 3.08. The molecular weight excluding hydrogens is 329 g/mol. The molecule has 0 N–H and O–H groups in total. The first-order valence-corrected chi connectivity index (χ1v) is 9.39. The third kappa shape index (κ3) is 3.05. The van der Waals surface area contributed by atoms with E-state index in [1.165, 1.54) is 25.0 Å². The number of hydrogen-bond donors (Lipinski definition) is 0. The summed E-state index contributed by atoms with van der Waals surface area (Å²) in [5.74, 6) is 0.767. The molecular formula is C17H16FN3S2. The lowest BCUT2D eigenvalue weighted by atomic mass is 10.2. The molecule has 4 rings (SSSR count). The molecule has 0 spiro atoms. The first-order chi connectivity index (χ1) is 11.2. The van der Waals surface area contributed by atoms with Gasteiger partial charge in [0.25, 0.3) is 0 Å². The second-order valence-corrected chi connectivity index (χ2v) is 7.95. The molecule has 3 nitrogen and oxygen atoms in total. The average molecular weight is 345 g/mol. The predicted molar refractivity (Wildman–Crippen MR) is 92.3 cm³/mol. The number of rotatable bonds is 5. The van der Waals surface area contributed by atoms with Crippen LogP contribution in [-0.2, 0) is 0 Å². The smallest absolute Gasteiger partial charge is 0.192 e. The maximum atomic E-state index is 13.1. The van der Waals surface area contributed by atoms with Crippen LogP contribution in [0.25, 0.3) is 10.7 Å². The Morgan fingerprint density at radius 3 is 2.65 bits per heavy atom. The molecule has 2 aromatic heterocycles. The molecule has 0 unspecified atom stereocenters. The van der Waals surface area contributed by atoms with Crippen LogP contribution in [0.4, 0.5) is 4.39 Å². The Kier molecular flexibility index (Phi) is 3.95. The van der Waals surface area contributed by atoms with Crippen molar-refractivity contribution in [2.45, 2.75) is 36.2 Å². The van der Waals surface area contributed by atoms with E-state index < -0.39 is 0 Å². The first-order valence-electron chi connectivity index (χ1n) is 7.63. The van der Waals surface area contributed by atoms with Gasteiger partial charge in [-0.3, -0.25) is 4.57 Å². The topological polar surface area (TPSA) is 30.7 Å². The van der Waals surface area contributed by atoms with Crippen molar-refractivity contribution in [1.29, 1.82) is 0 Å². The molecule has 0 saturated heterocycles. The molecule has 3 aromatic rings. The van der Waals surface area contributed by atoms with Crippen LogP contribution in [0.1, 0.15) is 36.6 Å². The monoisotopic (exact) mass is 345 g/mol. The molecule has 6 heteroatoms. The van der Waals surface area contributed by atoms with Gasteiger partial charge >= 0.3 is 0 Å². The van der Waals surface area contributed by atoms with Gasteiger partial charge in [0.05, 0.1) is 4.88 Å². The second-order valence-electron chi connectivity index (χ2n) is 5.70. The minimum absolute atomic E-state index is 0.202. The normalized spacial score (nSPS) is 15.7. The number of nitrogens with zero attached hydrogens (tertiary/aromatic N) is 3. The number of halogens is 1. The van der Waals surface area contributed by atoms with Crippen LogP contribution in [0.3, 0.4) is 0 Å². The molecule has 0 aliphatic heterocycles. The highest BCUT2D eigenvalue weighted by atomic mass is 32.2. The molecule has 23 heavy (non-hydrogen) atoms. The van der Waals surface area contributed by atoms with Crippen molar-refractivity contribution in [1.82, 2.24) is 14.8 Å². The third-order valence-electron chi connectivity index (χ3n) is 3.94. The number of aromatic nitrogens is 3. The lowest BCUT2D eigenvalue weighted by Gasteiger charge is -2.13. The maximum absolute atomic E-state index is 13.1. The molecule has 1 fully saturated rings. The molecule has 1 saturated carbocycles. The molecule has 1 aliphatic carbocycles. The van der Waals surface area contributed by atoms with Gasteiger partial charge in [0, 0.05) is 11.3 Å². The van der Waals surface area contributed by atoms with Crippen molar-refractivity contribution >= 4 is 23.1 Å². The summed E-state index contributed by atoms with van der Waals surface area (Å²) >= 11 is 3.38. The van der Waals surface area contributed by atoms with Gasteiger partial charge in [-0.15, -0.1) is 21.5 Å². The van der Waals surface area contributed by atoms with Gasteiger partial charge in [-0.25, -0.2) is 4.39 Å². The maximum Gasteiger partial charge on any atom is 0.192 e. The number of thioether (sulfide) groups is 1. The lowest BCUT2D eigenvalue weighted by Crippen LogP contribution is -2.00. The van der Waals surface area contributed by atoms with E-state index in [-0.39, 0.29) is 11.1 Å². The molecule has 1 aliphatic rings. The Morgan fingerprint density at radius 1 is 1.22 bits per heavy atom. The largest absolute Gasteiger partial charge is 0.298 e. The summed E-state index contributed by atoms with van der Waals surface area (Å²) in [5.41, 5.74) is 1.10. The predicted octanol–water partition coefficient (Wildman–Crippen LogP) is 5.33. The number of benzene rings is 1. The lowest BCUT2D eigenvalue weighted by molar-refractivity contribution is 0.627. The van der Waals surface area contributed by atoms with Crippen LogP contribution in [0.15, 0.2) is 46.9 Å². The Hall–Kier alpha value is -1.66. The van der Waals surface area contributed by atoms with Crippen LogP contribution >= 0.6 is 23.1 Å². The van der Waals surface area contributed by atoms with Crippen LogP contribution in [0.2, 0.25) is 0 Å². The van der Waals surface area contributed by atoms with Gasteiger partial charge in [0.2, 0.25) is 0 Å². The zero-order chi connectivity index (χ0) is 15.8. The summed E-state index contributed by atoms with van der Waals surface area (Å²) in [4.78, 5) is 1.16. The second kappa shape index (κ2) is 6.09. The quantitative estimate of drug-likeness (QED) is 0.585. The third-order valence-corrected chi connectivity index (χ3v) is 5.92. The fraction of sp³-hybridized carbons (Fsp3) is 0.294. The fourth-order valence-corrected chi connectivity index (χ4v) is 4.31. The van der Waals surface area contributed by atoms with Crippen LogP contribution in [-0.4, -0.2) is 14.8 Å². The zero-order valence-corrected chi connectivity index (χ0v) is 14.3. The van der Waals surface area contributed by atoms with Crippen molar-refractivity contribution in [3.8, 4) is 10.7 Å². The Morgan fingerprint density at radius 2 is 2.00 bits per heavy atom. The van der Waals surface area contributed by atoms with E-state index in [9.17, 15) is 4.39 Å². The van der Waals surface area contributed by atoms with Gasteiger partial charge in [-0.05, 0) is 48.9 Å². The van der Waals surface area contributed by atoms with Crippen molar-refractivity contribution in [3.05, 3.63) is 53.2 Å². The Labute approximate surface area is 142 Å². The van der Waals surface area contributed by atoms with E-state index in [2.05, 4.69) is 33.1 Å². The summed E-state index contributed by atoms with van der Waals surface area (Å²) in [6, 6.07) is 11.3. The Balaban J connectivity index is 1.63. The molecule has 0 bridgehead atoms. The molecule has 1 aromatic carbocycles. The van der Waals surface area contributed by atoms with E-state index in [0.717, 1.165) is 21.4 Å². The SMILES string of the molecule is C[C@H](Sc1nnc(-c2cccs2)n1C1CC1)c1ccc(F)cc1. The van der Waals surface area contributed by atoms with E-state index in [0.29, 0.717) is 6.04 Å². The van der Waals surface area contributed by atoms with Crippen molar-refractivity contribution in [2.75, 3.05) is 0 Å². The van der Waals surface area contributed by atoms with Gasteiger partial charge in [-0.2, -0.15) is 0 Å². The van der Waals surface area contributed by atoms with Gasteiger partial charge in [-0.1, -0.05) is 30.0 Å². The summed E-state index contributed by atoms with van der Waals surface area (Å²) < 4.78 is 15.4. The Bertz CT molecular complexity index is 792. The van der Waals surface area contributed by atoms with Gasteiger partial charge in [0.1, 0.15) is 5.82 Å². The summed E-state index contributed by atoms with van der Waals surface area (Å²) in [7, 11) is 0. The van der Waals surface area contributed by atoms with E-state index >= 15 is 0 Å². The minimum Gasteiger partial charge on any atom is -0.298 e. The van der Waals surface area contributed by atoms with Crippen molar-refractivity contribution < 1.29 is 4.39 Å². The number of thiophene rings is 1. The molecule has 1 atom stereocenters. The van der Waals surface area contributed by atoms with E-state index in [4.69, 9.17) is 0 Å². The van der Waals surface area contributed by atoms with Crippen molar-refractivity contribution in [2.24, 2.45) is 0 Å². The van der Waals surface area contributed by atoms with Crippen LogP contribution < -0.4 is 0 Å². The first kappa shape index (κ1) is 14.9. The molecule has 118 valence electrons. The highest BCUT2D eigenvalue weighted by molar-refractivity contribution is 7.99.